The molecule has 3 aromatic rings. The van der Waals surface area contributed by atoms with E-state index in [1.165, 1.54) is 30.5 Å². The average molecular weight is 418 g/mol. The molecule has 0 atom stereocenters. The third kappa shape index (κ3) is 4.93. The molecule has 8 nitrogen and oxygen atoms in total. The van der Waals surface area contributed by atoms with Crippen molar-refractivity contribution in [3.63, 3.8) is 0 Å². The van der Waals surface area contributed by atoms with Gasteiger partial charge < -0.3 is 10.6 Å². The molecule has 1 aromatic heterocycles. The number of nitro groups is 1. The molecule has 2 aromatic carbocycles. The Kier molecular flexibility index (Phi) is 6.03. The largest absolute Gasteiger partial charge is 0.365 e. The Morgan fingerprint density at radius 3 is 2.71 bits per heavy atom. The molecule has 1 heterocycles. The molecule has 0 aliphatic carbocycles. The molecule has 0 bridgehead atoms. The highest BCUT2D eigenvalue weighted by Gasteiger charge is 2.12. The number of hydrogen-bond donors (Lipinski definition) is 2. The number of aromatic nitrogens is 2. The van der Waals surface area contributed by atoms with Crippen molar-refractivity contribution in [2.24, 2.45) is 0 Å². The summed E-state index contributed by atoms with van der Waals surface area (Å²) in [5.74, 6) is -0.0489. The van der Waals surface area contributed by atoms with Crippen molar-refractivity contribution in [2.75, 3.05) is 10.6 Å². The Bertz CT molecular complexity index is 1050. The van der Waals surface area contributed by atoms with E-state index in [-0.39, 0.29) is 16.5 Å². The molecular weight excluding hydrogens is 405 g/mol. The van der Waals surface area contributed by atoms with Crippen LogP contribution in [0.4, 0.5) is 17.2 Å². The second kappa shape index (κ2) is 8.64. The van der Waals surface area contributed by atoms with E-state index < -0.39 is 10.8 Å². The minimum Gasteiger partial charge on any atom is -0.365 e. The van der Waals surface area contributed by atoms with Gasteiger partial charge in [-0.05, 0) is 35.4 Å². The van der Waals surface area contributed by atoms with Crippen molar-refractivity contribution in [1.82, 2.24) is 9.97 Å². The van der Waals surface area contributed by atoms with Gasteiger partial charge in [0.1, 0.15) is 10.8 Å². The van der Waals surface area contributed by atoms with E-state index in [1.54, 1.807) is 18.2 Å². The lowest BCUT2D eigenvalue weighted by atomic mass is 10.1. The molecule has 0 radical (unpaired) electrons. The third-order valence-corrected chi connectivity index (χ3v) is 4.14. The van der Waals surface area contributed by atoms with Crippen molar-refractivity contribution >= 4 is 46.3 Å². The highest BCUT2D eigenvalue weighted by molar-refractivity contribution is 6.33. The fraction of sp³-hybridized carbons (Fsp3) is 0.0556. The van der Waals surface area contributed by atoms with Crippen molar-refractivity contribution in [2.45, 2.75) is 6.54 Å². The number of amides is 1. The SMILES string of the molecule is O=C(Nc1cccc(CNc2nc(Cl)ncc2Cl)c1)c1cccc([N+](=O)[O-])c1. The van der Waals surface area contributed by atoms with Crippen molar-refractivity contribution in [3.05, 3.63) is 86.3 Å². The van der Waals surface area contributed by atoms with Gasteiger partial charge in [-0.15, -0.1) is 0 Å². The lowest BCUT2D eigenvalue weighted by Crippen LogP contribution is -2.12. The highest BCUT2D eigenvalue weighted by atomic mass is 35.5. The summed E-state index contributed by atoms with van der Waals surface area (Å²) < 4.78 is 0. The number of carbonyl (C=O) groups excluding carboxylic acids is 1. The van der Waals surface area contributed by atoms with Crippen LogP contribution in [0.3, 0.4) is 0 Å². The van der Waals surface area contributed by atoms with Crippen LogP contribution in [0.1, 0.15) is 15.9 Å². The van der Waals surface area contributed by atoms with E-state index in [4.69, 9.17) is 23.2 Å². The molecule has 0 unspecified atom stereocenters. The first-order chi connectivity index (χ1) is 13.4. The Balaban J connectivity index is 1.69. The van der Waals surface area contributed by atoms with E-state index in [1.807, 2.05) is 6.07 Å². The number of nitrogens with one attached hydrogen (secondary N) is 2. The van der Waals surface area contributed by atoms with Crippen LogP contribution in [0.5, 0.6) is 0 Å². The fourth-order valence-corrected chi connectivity index (χ4v) is 2.67. The Morgan fingerprint density at radius 2 is 1.93 bits per heavy atom. The monoisotopic (exact) mass is 417 g/mol. The maximum atomic E-state index is 12.4. The van der Waals surface area contributed by atoms with Crippen LogP contribution in [0.2, 0.25) is 10.3 Å². The molecule has 0 aliphatic heterocycles. The number of rotatable bonds is 6. The number of benzene rings is 2. The van der Waals surface area contributed by atoms with Crippen LogP contribution >= 0.6 is 23.2 Å². The molecule has 0 aliphatic rings. The van der Waals surface area contributed by atoms with Gasteiger partial charge in [0.15, 0.2) is 0 Å². The van der Waals surface area contributed by atoms with Crippen LogP contribution in [0.25, 0.3) is 0 Å². The van der Waals surface area contributed by atoms with Gasteiger partial charge in [0, 0.05) is 29.9 Å². The van der Waals surface area contributed by atoms with E-state index >= 15 is 0 Å². The number of carbonyl (C=O) groups is 1. The minimum absolute atomic E-state index is 0.0740. The predicted molar refractivity (Wildman–Crippen MR) is 107 cm³/mol. The van der Waals surface area contributed by atoms with Gasteiger partial charge in [-0.2, -0.15) is 4.98 Å². The first-order valence-corrected chi connectivity index (χ1v) is 8.74. The van der Waals surface area contributed by atoms with Gasteiger partial charge in [-0.3, -0.25) is 14.9 Å². The smallest absolute Gasteiger partial charge is 0.270 e. The van der Waals surface area contributed by atoms with Gasteiger partial charge in [0.25, 0.3) is 11.6 Å². The van der Waals surface area contributed by atoms with Crippen LogP contribution in [-0.2, 0) is 6.54 Å². The summed E-state index contributed by atoms with van der Waals surface area (Å²) in [6.07, 6.45) is 1.40. The number of nitrogens with zero attached hydrogens (tertiary/aromatic N) is 3. The standard InChI is InChI=1S/C18H13Cl2N5O3/c19-15-10-22-18(20)24-16(15)21-9-11-3-1-5-13(7-11)23-17(26)12-4-2-6-14(8-12)25(27)28/h1-8,10H,9H2,(H,23,26)(H,21,22,24). The highest BCUT2D eigenvalue weighted by Crippen LogP contribution is 2.21. The summed E-state index contributed by atoms with van der Waals surface area (Å²) in [7, 11) is 0. The van der Waals surface area contributed by atoms with E-state index in [2.05, 4.69) is 20.6 Å². The van der Waals surface area contributed by atoms with E-state index in [0.29, 0.717) is 23.1 Å². The van der Waals surface area contributed by atoms with Crippen molar-refractivity contribution in [1.29, 1.82) is 0 Å². The molecule has 0 saturated carbocycles. The summed E-state index contributed by atoms with van der Waals surface area (Å²) in [5.41, 5.74) is 1.44. The third-order valence-electron chi connectivity index (χ3n) is 3.68. The fourth-order valence-electron chi connectivity index (χ4n) is 2.38. The van der Waals surface area contributed by atoms with E-state index in [9.17, 15) is 14.9 Å². The topological polar surface area (TPSA) is 110 Å². The van der Waals surface area contributed by atoms with Gasteiger partial charge in [0.05, 0.1) is 11.1 Å². The normalized spacial score (nSPS) is 10.4. The number of non-ortho nitro benzene ring substituents is 1. The second-order valence-electron chi connectivity index (χ2n) is 5.65. The molecule has 2 N–H and O–H groups in total. The van der Waals surface area contributed by atoms with Crippen LogP contribution < -0.4 is 10.6 Å². The molecule has 10 heteroatoms. The minimum atomic E-state index is -0.548. The molecule has 0 fully saturated rings. The molecule has 1 amide bonds. The number of nitro benzene ring substituents is 1. The molecule has 28 heavy (non-hydrogen) atoms. The van der Waals surface area contributed by atoms with Crippen LogP contribution in [0, 0.1) is 10.1 Å². The average Bonchev–Trinajstić information content (AvgIpc) is 2.69. The summed E-state index contributed by atoms with van der Waals surface area (Å²) >= 11 is 11.8. The van der Waals surface area contributed by atoms with Crippen molar-refractivity contribution in [3.8, 4) is 0 Å². The summed E-state index contributed by atoms with van der Waals surface area (Å²) in [5, 5.41) is 17.0. The first kappa shape index (κ1) is 19.5. The Labute approximate surface area is 169 Å². The summed E-state index contributed by atoms with van der Waals surface area (Å²) in [4.78, 5) is 30.5. The second-order valence-corrected chi connectivity index (χ2v) is 6.40. The maximum absolute atomic E-state index is 12.4. The summed E-state index contributed by atoms with van der Waals surface area (Å²) in [6.45, 7) is 0.383. The first-order valence-electron chi connectivity index (χ1n) is 7.99. The van der Waals surface area contributed by atoms with Gasteiger partial charge in [0.2, 0.25) is 5.28 Å². The van der Waals surface area contributed by atoms with Gasteiger partial charge >= 0.3 is 0 Å². The van der Waals surface area contributed by atoms with E-state index in [0.717, 1.165) is 5.56 Å². The Morgan fingerprint density at radius 1 is 1.14 bits per heavy atom. The number of halogens is 2. The zero-order chi connectivity index (χ0) is 20.1. The molecular formula is C18H13Cl2N5O3. The zero-order valence-electron chi connectivity index (χ0n) is 14.2. The number of anilines is 2. The Hall–Kier alpha value is -3.23. The lowest BCUT2D eigenvalue weighted by molar-refractivity contribution is -0.384. The van der Waals surface area contributed by atoms with Gasteiger partial charge in [-0.1, -0.05) is 29.8 Å². The number of hydrogen-bond acceptors (Lipinski definition) is 6. The quantitative estimate of drug-likeness (QED) is 0.345. The molecule has 0 spiro atoms. The predicted octanol–water partition coefficient (Wildman–Crippen LogP) is 4.56. The van der Waals surface area contributed by atoms with Crippen LogP contribution in [-0.4, -0.2) is 20.8 Å². The molecule has 3 rings (SSSR count). The lowest BCUT2D eigenvalue weighted by Gasteiger charge is -2.10. The zero-order valence-corrected chi connectivity index (χ0v) is 15.7. The van der Waals surface area contributed by atoms with Crippen LogP contribution in [0.15, 0.2) is 54.7 Å². The van der Waals surface area contributed by atoms with Crippen molar-refractivity contribution < 1.29 is 9.72 Å². The maximum Gasteiger partial charge on any atom is 0.270 e. The van der Waals surface area contributed by atoms with Gasteiger partial charge in [-0.25, -0.2) is 4.98 Å². The summed E-state index contributed by atoms with van der Waals surface area (Å²) in [6, 6.07) is 12.6. The molecule has 0 saturated heterocycles. The molecule has 142 valence electrons.